The van der Waals surface area contributed by atoms with Crippen LogP contribution in [0.3, 0.4) is 0 Å². The first-order chi connectivity index (χ1) is 11.5. The first-order valence-corrected chi connectivity index (χ1v) is 10.4. The van der Waals surface area contributed by atoms with Gasteiger partial charge in [0.2, 0.25) is 10.0 Å². The highest BCUT2D eigenvalue weighted by atomic mass is 32.2. The van der Waals surface area contributed by atoms with E-state index in [-0.39, 0.29) is 11.2 Å². The van der Waals surface area contributed by atoms with E-state index in [0.717, 1.165) is 29.4 Å². The average Bonchev–Trinajstić information content (AvgIpc) is 3.19. The molecule has 4 heterocycles. The molecule has 6 nitrogen and oxygen atoms in total. The Morgan fingerprint density at radius 2 is 2.17 bits per heavy atom. The summed E-state index contributed by atoms with van der Waals surface area (Å²) in [6.45, 7) is 5.15. The largest absolute Gasteiger partial charge is 0.297 e. The van der Waals surface area contributed by atoms with Crippen molar-refractivity contribution in [2.75, 3.05) is 19.6 Å². The van der Waals surface area contributed by atoms with Gasteiger partial charge in [-0.2, -0.15) is 4.31 Å². The number of aryl methyl sites for hydroxylation is 1. The Morgan fingerprint density at radius 3 is 2.83 bits per heavy atom. The summed E-state index contributed by atoms with van der Waals surface area (Å²) in [7, 11) is -3.24. The molecule has 2 aromatic rings. The summed E-state index contributed by atoms with van der Waals surface area (Å²) in [4.78, 5) is 10.8. The summed E-state index contributed by atoms with van der Waals surface area (Å²) in [6.07, 6.45) is 3.60. The summed E-state index contributed by atoms with van der Waals surface area (Å²) in [5.74, 6) is 0.186. The summed E-state index contributed by atoms with van der Waals surface area (Å²) in [6, 6.07) is 3.95. The van der Waals surface area contributed by atoms with Crippen LogP contribution in [0.15, 0.2) is 29.9 Å². The number of fused-ring (bicyclic) bond motifs is 1. The van der Waals surface area contributed by atoms with Gasteiger partial charge in [0.1, 0.15) is 0 Å². The van der Waals surface area contributed by atoms with Crippen molar-refractivity contribution >= 4 is 21.4 Å². The number of aromatic nitrogens is 2. The zero-order chi connectivity index (χ0) is 16.7. The van der Waals surface area contributed by atoms with Gasteiger partial charge < -0.3 is 0 Å². The summed E-state index contributed by atoms with van der Waals surface area (Å²) < 4.78 is 27.3. The lowest BCUT2D eigenvalue weighted by molar-refractivity contribution is 0.294. The van der Waals surface area contributed by atoms with Crippen molar-refractivity contribution in [2.45, 2.75) is 25.3 Å². The van der Waals surface area contributed by atoms with Gasteiger partial charge in [-0.3, -0.25) is 9.88 Å². The van der Waals surface area contributed by atoms with Crippen molar-refractivity contribution in [3.63, 3.8) is 0 Å². The minimum atomic E-state index is -3.24. The van der Waals surface area contributed by atoms with E-state index in [1.165, 1.54) is 0 Å². The first-order valence-electron chi connectivity index (χ1n) is 8.03. The number of sulfonamides is 1. The van der Waals surface area contributed by atoms with E-state index in [1.54, 1.807) is 21.8 Å². The van der Waals surface area contributed by atoms with E-state index in [9.17, 15) is 8.42 Å². The van der Waals surface area contributed by atoms with Crippen LogP contribution in [0, 0.1) is 12.8 Å². The molecule has 2 atom stereocenters. The van der Waals surface area contributed by atoms with Crippen molar-refractivity contribution in [1.82, 2.24) is 19.2 Å². The molecule has 4 rings (SSSR count). The molecule has 24 heavy (non-hydrogen) atoms. The Kier molecular flexibility index (Phi) is 4.16. The molecule has 0 aromatic carbocycles. The van der Waals surface area contributed by atoms with E-state index < -0.39 is 10.0 Å². The number of nitrogens with zero attached hydrogens (tertiary/aromatic N) is 4. The molecule has 128 valence electrons. The number of pyridine rings is 1. The molecule has 0 saturated carbocycles. The van der Waals surface area contributed by atoms with Crippen molar-refractivity contribution in [3.05, 3.63) is 46.2 Å². The third-order valence-corrected chi connectivity index (χ3v) is 7.89. The van der Waals surface area contributed by atoms with Crippen LogP contribution >= 0.6 is 11.3 Å². The van der Waals surface area contributed by atoms with Crippen LogP contribution in [0.1, 0.15) is 16.3 Å². The number of hydrogen-bond donors (Lipinski definition) is 0. The van der Waals surface area contributed by atoms with Gasteiger partial charge >= 0.3 is 0 Å². The van der Waals surface area contributed by atoms with Gasteiger partial charge in [-0.15, -0.1) is 11.3 Å². The molecule has 0 radical (unpaired) electrons. The van der Waals surface area contributed by atoms with E-state index >= 15 is 0 Å². The quantitative estimate of drug-likeness (QED) is 0.822. The zero-order valence-corrected chi connectivity index (χ0v) is 15.1. The summed E-state index contributed by atoms with van der Waals surface area (Å²) in [5, 5.41) is 2.64. The Balaban J connectivity index is 1.44. The maximum Gasteiger partial charge on any atom is 0.218 e. The molecule has 2 fully saturated rings. The predicted octanol–water partition coefficient (Wildman–Crippen LogP) is 1.49. The lowest BCUT2D eigenvalue weighted by Crippen LogP contribution is -2.34. The third-order valence-electron chi connectivity index (χ3n) is 4.77. The molecule has 0 N–H and O–H groups in total. The minimum Gasteiger partial charge on any atom is -0.297 e. The van der Waals surface area contributed by atoms with Crippen LogP contribution < -0.4 is 0 Å². The lowest BCUT2D eigenvalue weighted by atomic mass is 10.1. The highest BCUT2D eigenvalue weighted by Gasteiger charge is 2.50. The van der Waals surface area contributed by atoms with Gasteiger partial charge in [0, 0.05) is 49.9 Å². The van der Waals surface area contributed by atoms with Gasteiger partial charge in [-0.1, -0.05) is 6.07 Å². The van der Waals surface area contributed by atoms with Crippen LogP contribution in [0.2, 0.25) is 0 Å². The molecule has 0 aliphatic carbocycles. The molecular weight excluding hydrogens is 344 g/mol. The Morgan fingerprint density at radius 1 is 1.29 bits per heavy atom. The molecule has 0 amide bonds. The smallest absolute Gasteiger partial charge is 0.218 e. The maximum atomic E-state index is 12.8. The van der Waals surface area contributed by atoms with E-state index in [0.29, 0.717) is 19.6 Å². The molecule has 2 aromatic heterocycles. The van der Waals surface area contributed by atoms with Crippen LogP contribution in [0.25, 0.3) is 0 Å². The molecule has 0 spiro atoms. The fraction of sp³-hybridized carbons (Fsp3) is 0.500. The number of likely N-dealkylation sites (tertiary alicyclic amines) is 1. The van der Waals surface area contributed by atoms with Gasteiger partial charge in [0.05, 0.1) is 22.5 Å². The number of rotatable bonds is 4. The Labute approximate surface area is 146 Å². The molecule has 2 saturated heterocycles. The fourth-order valence-corrected chi connectivity index (χ4v) is 6.45. The molecular formula is C16H20N4O2S2. The highest BCUT2D eigenvalue weighted by molar-refractivity contribution is 7.90. The maximum absolute atomic E-state index is 12.8. The number of thiazole rings is 1. The van der Waals surface area contributed by atoms with E-state index in [2.05, 4.69) is 14.9 Å². The van der Waals surface area contributed by atoms with Crippen LogP contribution in [-0.4, -0.2) is 52.5 Å². The second-order valence-corrected chi connectivity index (χ2v) is 9.76. The second-order valence-electron chi connectivity index (χ2n) is 6.55. The normalized spacial score (nSPS) is 26.7. The summed E-state index contributed by atoms with van der Waals surface area (Å²) in [5.41, 5.74) is 1.98. The predicted molar refractivity (Wildman–Crippen MR) is 93.0 cm³/mol. The molecule has 2 aliphatic heterocycles. The fourth-order valence-electron chi connectivity index (χ4n) is 3.69. The molecule has 0 unspecified atom stereocenters. The van der Waals surface area contributed by atoms with E-state index in [1.807, 2.05) is 30.6 Å². The average molecular weight is 364 g/mol. The topological polar surface area (TPSA) is 66.4 Å². The van der Waals surface area contributed by atoms with E-state index in [4.69, 9.17) is 0 Å². The van der Waals surface area contributed by atoms with Crippen LogP contribution in [0.5, 0.6) is 0 Å². The first kappa shape index (κ1) is 16.1. The van der Waals surface area contributed by atoms with Gasteiger partial charge in [0.15, 0.2) is 0 Å². The van der Waals surface area contributed by atoms with Crippen molar-refractivity contribution < 1.29 is 8.42 Å². The lowest BCUT2D eigenvalue weighted by Gasteiger charge is -2.20. The van der Waals surface area contributed by atoms with Crippen LogP contribution in [-0.2, 0) is 23.1 Å². The minimum absolute atomic E-state index is 0.186. The van der Waals surface area contributed by atoms with Crippen molar-refractivity contribution in [3.8, 4) is 0 Å². The Hall–Kier alpha value is -1.35. The van der Waals surface area contributed by atoms with Gasteiger partial charge in [-0.25, -0.2) is 13.4 Å². The van der Waals surface area contributed by atoms with Gasteiger partial charge in [-0.05, 0) is 18.6 Å². The molecule has 0 bridgehead atoms. The van der Waals surface area contributed by atoms with Gasteiger partial charge in [0.25, 0.3) is 0 Å². The van der Waals surface area contributed by atoms with Crippen molar-refractivity contribution in [2.24, 2.45) is 5.92 Å². The number of hydrogen-bond acceptors (Lipinski definition) is 6. The molecule has 8 heteroatoms. The standard InChI is InChI=1S/C16H20N4O2S2/c1-12-18-15(11-23-12)9-20-8-14-7-19(10-16(14)24(20,21)22)6-13-3-2-4-17-5-13/h2-5,11,14,16H,6-10H2,1H3/t14-,16+/m0/s1. The Bertz CT molecular complexity index is 822. The second kappa shape index (κ2) is 6.18. The SMILES string of the molecule is Cc1nc(CN2C[C@@H]3CN(Cc4cccnc4)C[C@H]3S2(=O)=O)cs1. The van der Waals surface area contributed by atoms with Crippen molar-refractivity contribution in [1.29, 1.82) is 0 Å². The third kappa shape index (κ3) is 2.99. The zero-order valence-electron chi connectivity index (χ0n) is 13.5. The summed E-state index contributed by atoms with van der Waals surface area (Å²) >= 11 is 1.56. The highest BCUT2D eigenvalue weighted by Crippen LogP contribution is 2.35. The molecule has 2 aliphatic rings. The van der Waals surface area contributed by atoms with Crippen LogP contribution in [0.4, 0.5) is 0 Å². The monoisotopic (exact) mass is 364 g/mol.